The molecule has 5 heteroatoms. The van der Waals surface area contributed by atoms with Gasteiger partial charge in [0, 0.05) is 17.3 Å². The molecule has 0 radical (unpaired) electrons. The third-order valence-corrected chi connectivity index (χ3v) is 4.82. The summed E-state index contributed by atoms with van der Waals surface area (Å²) in [6, 6.07) is 1.55. The predicted molar refractivity (Wildman–Crippen MR) is 77.5 cm³/mol. The largest absolute Gasteiger partial charge is 0.478 e. The molecule has 2 rings (SSSR count). The first-order chi connectivity index (χ1) is 9.06. The summed E-state index contributed by atoms with van der Waals surface area (Å²) in [6.07, 6.45) is 1.82. The zero-order valence-electron chi connectivity index (χ0n) is 11.0. The molecule has 19 heavy (non-hydrogen) atoms. The van der Waals surface area contributed by atoms with Crippen molar-refractivity contribution in [2.45, 2.75) is 37.7 Å². The highest BCUT2D eigenvalue weighted by molar-refractivity contribution is 7.99. The second kappa shape index (κ2) is 6.16. The van der Waals surface area contributed by atoms with E-state index in [-0.39, 0.29) is 11.7 Å². The Kier molecular flexibility index (Phi) is 4.76. The lowest BCUT2D eigenvalue weighted by atomic mass is 9.96. The maximum Gasteiger partial charge on any atom is 0.336 e. The number of fused-ring (bicyclic) bond motifs is 1. The highest BCUT2D eigenvalue weighted by atomic mass is 35.5. The number of rotatable bonds is 4. The van der Waals surface area contributed by atoms with Crippen molar-refractivity contribution in [2.24, 2.45) is 0 Å². The fourth-order valence-electron chi connectivity index (χ4n) is 2.34. The SMILES string of the molecule is CCCOC1CCSc2c(Cl)cc(C(=O)O)c(C)c21. The minimum atomic E-state index is -0.938. The summed E-state index contributed by atoms with van der Waals surface area (Å²) in [5.74, 6) is 0.0134. The molecule has 104 valence electrons. The van der Waals surface area contributed by atoms with Gasteiger partial charge in [0.2, 0.25) is 0 Å². The van der Waals surface area contributed by atoms with Gasteiger partial charge in [-0.3, -0.25) is 0 Å². The average molecular weight is 301 g/mol. The molecular formula is C14H17ClO3S. The van der Waals surface area contributed by atoms with Crippen LogP contribution in [0.25, 0.3) is 0 Å². The number of halogens is 1. The van der Waals surface area contributed by atoms with Crippen LogP contribution < -0.4 is 0 Å². The van der Waals surface area contributed by atoms with Gasteiger partial charge in [-0.1, -0.05) is 18.5 Å². The molecular weight excluding hydrogens is 284 g/mol. The van der Waals surface area contributed by atoms with Crippen LogP contribution in [0, 0.1) is 6.92 Å². The Hall–Kier alpha value is -0.710. The molecule has 1 N–H and O–H groups in total. The summed E-state index contributed by atoms with van der Waals surface area (Å²) < 4.78 is 5.86. The van der Waals surface area contributed by atoms with E-state index >= 15 is 0 Å². The van der Waals surface area contributed by atoms with E-state index in [4.69, 9.17) is 16.3 Å². The highest BCUT2D eigenvalue weighted by Crippen LogP contribution is 2.44. The van der Waals surface area contributed by atoms with Crippen LogP contribution in [0.2, 0.25) is 5.02 Å². The Morgan fingerprint density at radius 2 is 2.37 bits per heavy atom. The minimum absolute atomic E-state index is 0.0343. The summed E-state index contributed by atoms with van der Waals surface area (Å²) in [5, 5.41) is 9.77. The highest BCUT2D eigenvalue weighted by Gasteiger charge is 2.28. The molecule has 1 unspecified atom stereocenters. The number of carboxylic acid groups (broad SMARTS) is 1. The van der Waals surface area contributed by atoms with Gasteiger partial charge >= 0.3 is 5.97 Å². The minimum Gasteiger partial charge on any atom is -0.478 e. The van der Waals surface area contributed by atoms with Gasteiger partial charge in [-0.15, -0.1) is 11.8 Å². The number of benzene rings is 1. The van der Waals surface area contributed by atoms with E-state index in [9.17, 15) is 9.90 Å². The number of hydrogen-bond acceptors (Lipinski definition) is 3. The first-order valence-corrected chi connectivity index (χ1v) is 7.73. The molecule has 0 saturated heterocycles. The number of hydrogen-bond donors (Lipinski definition) is 1. The van der Waals surface area contributed by atoms with Crippen LogP contribution in [-0.4, -0.2) is 23.4 Å². The molecule has 0 fully saturated rings. The van der Waals surface area contributed by atoms with Gasteiger partial charge in [0.15, 0.2) is 0 Å². The van der Waals surface area contributed by atoms with Gasteiger partial charge < -0.3 is 9.84 Å². The van der Waals surface area contributed by atoms with E-state index in [2.05, 4.69) is 6.92 Å². The Labute approximate surface area is 122 Å². The fourth-order valence-corrected chi connectivity index (χ4v) is 3.89. The topological polar surface area (TPSA) is 46.5 Å². The van der Waals surface area contributed by atoms with Crippen LogP contribution in [0.3, 0.4) is 0 Å². The number of aromatic carboxylic acids is 1. The first kappa shape index (κ1) is 14.7. The standard InChI is InChI=1S/C14H17ClO3S/c1-3-5-18-11-4-6-19-13-10(15)7-9(14(16)17)8(2)12(11)13/h7,11H,3-6H2,1-2H3,(H,16,17). The van der Waals surface area contributed by atoms with Gasteiger partial charge in [0.25, 0.3) is 0 Å². The van der Waals surface area contributed by atoms with Crippen LogP contribution >= 0.6 is 23.4 Å². The molecule has 0 spiro atoms. The molecule has 0 bridgehead atoms. The van der Waals surface area contributed by atoms with Crippen LogP contribution in [0.5, 0.6) is 0 Å². The normalized spacial score (nSPS) is 18.2. The monoisotopic (exact) mass is 300 g/mol. The Bertz CT molecular complexity index is 502. The second-order valence-electron chi connectivity index (χ2n) is 4.58. The van der Waals surface area contributed by atoms with Crippen LogP contribution in [0.15, 0.2) is 11.0 Å². The van der Waals surface area contributed by atoms with E-state index in [1.165, 1.54) is 0 Å². The van der Waals surface area contributed by atoms with Crippen LogP contribution in [0.4, 0.5) is 0 Å². The zero-order chi connectivity index (χ0) is 14.0. The molecule has 1 aliphatic rings. The Morgan fingerprint density at radius 1 is 1.63 bits per heavy atom. The van der Waals surface area contributed by atoms with Crippen molar-refractivity contribution < 1.29 is 14.6 Å². The molecule has 1 heterocycles. The van der Waals surface area contributed by atoms with Crippen molar-refractivity contribution in [2.75, 3.05) is 12.4 Å². The van der Waals surface area contributed by atoms with Crippen molar-refractivity contribution in [3.63, 3.8) is 0 Å². The Morgan fingerprint density at radius 3 is 3.00 bits per heavy atom. The van der Waals surface area contributed by atoms with Gasteiger partial charge in [0.1, 0.15) is 0 Å². The van der Waals surface area contributed by atoms with Gasteiger partial charge in [-0.05, 0) is 37.0 Å². The summed E-state index contributed by atoms with van der Waals surface area (Å²) in [5.41, 5.74) is 2.02. The number of thioether (sulfide) groups is 1. The fraction of sp³-hybridized carbons (Fsp3) is 0.500. The molecule has 3 nitrogen and oxygen atoms in total. The Balaban J connectivity index is 2.50. The van der Waals surface area contributed by atoms with Gasteiger partial charge in [-0.2, -0.15) is 0 Å². The number of carboxylic acids is 1. The van der Waals surface area contributed by atoms with E-state index in [1.54, 1.807) is 17.8 Å². The van der Waals surface area contributed by atoms with Crippen molar-refractivity contribution in [1.82, 2.24) is 0 Å². The lowest BCUT2D eigenvalue weighted by molar-refractivity contribution is 0.0477. The smallest absolute Gasteiger partial charge is 0.336 e. The van der Waals surface area contributed by atoms with Crippen molar-refractivity contribution in [1.29, 1.82) is 0 Å². The van der Waals surface area contributed by atoms with E-state index in [1.807, 2.05) is 6.92 Å². The maximum atomic E-state index is 11.3. The molecule has 0 aliphatic carbocycles. The summed E-state index contributed by atoms with van der Waals surface area (Å²) in [7, 11) is 0. The zero-order valence-corrected chi connectivity index (χ0v) is 12.6. The van der Waals surface area contributed by atoms with Crippen molar-refractivity contribution >= 4 is 29.3 Å². The number of ether oxygens (including phenoxy) is 1. The van der Waals surface area contributed by atoms with Crippen molar-refractivity contribution in [3.8, 4) is 0 Å². The molecule has 1 aliphatic heterocycles. The molecule has 0 saturated carbocycles. The maximum absolute atomic E-state index is 11.3. The lowest BCUT2D eigenvalue weighted by Gasteiger charge is -2.28. The molecule has 1 aromatic rings. The third-order valence-electron chi connectivity index (χ3n) is 3.24. The molecule has 1 aromatic carbocycles. The summed E-state index contributed by atoms with van der Waals surface area (Å²) in [4.78, 5) is 12.3. The predicted octanol–water partition coefficient (Wildman–Crippen LogP) is 4.31. The second-order valence-corrected chi connectivity index (χ2v) is 6.09. The lowest BCUT2D eigenvalue weighted by Crippen LogP contribution is -2.16. The van der Waals surface area contributed by atoms with E-state index in [0.29, 0.717) is 11.6 Å². The van der Waals surface area contributed by atoms with Crippen LogP contribution in [-0.2, 0) is 4.74 Å². The molecule has 1 atom stereocenters. The van der Waals surface area contributed by atoms with Gasteiger partial charge in [0.05, 0.1) is 16.7 Å². The number of carbonyl (C=O) groups is 1. The van der Waals surface area contributed by atoms with Crippen molar-refractivity contribution in [3.05, 3.63) is 27.8 Å². The molecule has 0 amide bonds. The van der Waals surface area contributed by atoms with E-state index in [0.717, 1.165) is 34.6 Å². The third kappa shape index (κ3) is 2.91. The van der Waals surface area contributed by atoms with Gasteiger partial charge in [-0.25, -0.2) is 4.79 Å². The first-order valence-electron chi connectivity index (χ1n) is 6.37. The quantitative estimate of drug-likeness (QED) is 0.900. The van der Waals surface area contributed by atoms with Crippen LogP contribution in [0.1, 0.15) is 47.4 Å². The average Bonchev–Trinajstić information content (AvgIpc) is 2.39. The summed E-state index contributed by atoms with van der Waals surface area (Å²) in [6.45, 7) is 4.59. The molecule has 0 aromatic heterocycles. The van der Waals surface area contributed by atoms with E-state index < -0.39 is 5.97 Å². The summed E-state index contributed by atoms with van der Waals surface area (Å²) >= 11 is 7.91.